The highest BCUT2D eigenvalue weighted by Gasteiger charge is 2.08. The summed E-state index contributed by atoms with van der Waals surface area (Å²) in [6.07, 6.45) is 1.52. The highest BCUT2D eigenvalue weighted by molar-refractivity contribution is 7.16. The first-order chi connectivity index (χ1) is 9.15. The second kappa shape index (κ2) is 7.20. The maximum absolute atomic E-state index is 11.8. The minimum absolute atomic E-state index is 0.252. The zero-order chi connectivity index (χ0) is 13.7. The van der Waals surface area contributed by atoms with Gasteiger partial charge in [-0.05, 0) is 43.6 Å². The van der Waals surface area contributed by atoms with Gasteiger partial charge < -0.3 is 4.90 Å². The summed E-state index contributed by atoms with van der Waals surface area (Å²) >= 11 is 9.03. The Hall–Kier alpha value is -0.680. The molecular formula is C14H16ClNOS2. The Morgan fingerprint density at radius 2 is 2.21 bits per heavy atom. The zero-order valence-corrected chi connectivity index (χ0v) is 13.2. The van der Waals surface area contributed by atoms with E-state index >= 15 is 0 Å². The Morgan fingerprint density at radius 1 is 1.37 bits per heavy atom. The van der Waals surface area contributed by atoms with Crippen molar-refractivity contribution in [3.05, 3.63) is 43.7 Å². The van der Waals surface area contributed by atoms with E-state index < -0.39 is 0 Å². The lowest BCUT2D eigenvalue weighted by molar-refractivity contribution is 0.0980. The largest absolute Gasteiger partial charge is 0.301 e. The van der Waals surface area contributed by atoms with Gasteiger partial charge in [0.05, 0.1) is 9.21 Å². The zero-order valence-electron chi connectivity index (χ0n) is 10.8. The smallest absolute Gasteiger partial charge is 0.172 e. The van der Waals surface area contributed by atoms with Crippen molar-refractivity contribution in [3.63, 3.8) is 0 Å². The van der Waals surface area contributed by atoms with Crippen molar-refractivity contribution >= 4 is 40.1 Å². The van der Waals surface area contributed by atoms with E-state index in [0.717, 1.165) is 28.7 Å². The molecule has 0 aliphatic rings. The predicted molar refractivity (Wildman–Crippen MR) is 83.5 cm³/mol. The molecule has 5 heteroatoms. The number of halogens is 1. The lowest BCUT2D eigenvalue weighted by Crippen LogP contribution is -2.19. The van der Waals surface area contributed by atoms with E-state index in [0.29, 0.717) is 6.42 Å². The number of rotatable bonds is 7. The van der Waals surface area contributed by atoms with Crippen LogP contribution >= 0.6 is 34.3 Å². The SMILES string of the molecule is CN(CCCC(=O)c1cccs1)Cc1ccc(Cl)s1. The van der Waals surface area contributed by atoms with E-state index in [2.05, 4.69) is 18.0 Å². The number of ketones is 1. The van der Waals surface area contributed by atoms with Crippen LogP contribution in [-0.2, 0) is 6.54 Å². The summed E-state index contributed by atoms with van der Waals surface area (Å²) in [4.78, 5) is 16.2. The minimum atomic E-state index is 0.252. The first kappa shape index (κ1) is 14.7. The first-order valence-electron chi connectivity index (χ1n) is 6.14. The molecule has 0 atom stereocenters. The van der Waals surface area contributed by atoms with Crippen molar-refractivity contribution in [3.8, 4) is 0 Å². The van der Waals surface area contributed by atoms with Gasteiger partial charge in [-0.25, -0.2) is 0 Å². The second-order valence-electron chi connectivity index (χ2n) is 4.45. The van der Waals surface area contributed by atoms with E-state index in [-0.39, 0.29) is 5.78 Å². The average molecular weight is 314 g/mol. The van der Waals surface area contributed by atoms with E-state index in [1.165, 1.54) is 16.2 Å². The summed E-state index contributed by atoms with van der Waals surface area (Å²) in [7, 11) is 2.07. The monoisotopic (exact) mass is 313 g/mol. The van der Waals surface area contributed by atoms with Crippen molar-refractivity contribution in [1.29, 1.82) is 0 Å². The van der Waals surface area contributed by atoms with Gasteiger partial charge in [-0.2, -0.15) is 0 Å². The van der Waals surface area contributed by atoms with E-state index in [1.54, 1.807) is 11.3 Å². The Balaban J connectivity index is 1.69. The Morgan fingerprint density at radius 3 is 2.84 bits per heavy atom. The van der Waals surface area contributed by atoms with Gasteiger partial charge in [0.2, 0.25) is 0 Å². The van der Waals surface area contributed by atoms with Crippen LogP contribution in [0.5, 0.6) is 0 Å². The molecule has 0 aliphatic carbocycles. The molecule has 0 aliphatic heterocycles. The summed E-state index contributed by atoms with van der Waals surface area (Å²) in [5.74, 6) is 0.252. The molecule has 0 saturated heterocycles. The van der Waals surface area contributed by atoms with Crippen LogP contribution in [0.2, 0.25) is 4.34 Å². The lowest BCUT2D eigenvalue weighted by atomic mass is 10.2. The number of hydrogen-bond acceptors (Lipinski definition) is 4. The fourth-order valence-electron chi connectivity index (χ4n) is 1.85. The van der Waals surface area contributed by atoms with Crippen LogP contribution in [-0.4, -0.2) is 24.3 Å². The van der Waals surface area contributed by atoms with Crippen LogP contribution in [0.25, 0.3) is 0 Å². The molecule has 0 spiro atoms. The first-order valence-corrected chi connectivity index (χ1v) is 8.22. The maximum atomic E-state index is 11.8. The number of carbonyl (C=O) groups is 1. The van der Waals surface area contributed by atoms with Gasteiger partial charge in [0, 0.05) is 17.8 Å². The molecule has 2 aromatic rings. The molecule has 0 N–H and O–H groups in total. The Labute approximate surface area is 126 Å². The fourth-order valence-corrected chi connectivity index (χ4v) is 3.71. The van der Waals surface area contributed by atoms with Gasteiger partial charge in [0.1, 0.15) is 0 Å². The third-order valence-electron chi connectivity index (χ3n) is 2.79. The van der Waals surface area contributed by atoms with Gasteiger partial charge in [-0.15, -0.1) is 22.7 Å². The topological polar surface area (TPSA) is 20.3 Å². The molecule has 2 rings (SSSR count). The van der Waals surface area contributed by atoms with Crippen molar-refractivity contribution in [2.45, 2.75) is 19.4 Å². The van der Waals surface area contributed by atoms with E-state index in [4.69, 9.17) is 11.6 Å². The van der Waals surface area contributed by atoms with Crippen molar-refractivity contribution < 1.29 is 4.79 Å². The molecule has 2 nitrogen and oxygen atoms in total. The van der Waals surface area contributed by atoms with Crippen LogP contribution in [0.15, 0.2) is 29.6 Å². The van der Waals surface area contributed by atoms with Gasteiger partial charge >= 0.3 is 0 Å². The van der Waals surface area contributed by atoms with Crippen molar-refractivity contribution in [1.82, 2.24) is 4.90 Å². The molecule has 2 heterocycles. The molecule has 2 aromatic heterocycles. The van der Waals surface area contributed by atoms with Gasteiger partial charge in [-0.1, -0.05) is 17.7 Å². The molecular weight excluding hydrogens is 298 g/mol. The van der Waals surface area contributed by atoms with Crippen molar-refractivity contribution in [2.24, 2.45) is 0 Å². The van der Waals surface area contributed by atoms with Gasteiger partial charge in [-0.3, -0.25) is 4.79 Å². The summed E-state index contributed by atoms with van der Waals surface area (Å²) in [5.41, 5.74) is 0. The summed E-state index contributed by atoms with van der Waals surface area (Å²) in [6, 6.07) is 7.80. The highest BCUT2D eigenvalue weighted by Crippen LogP contribution is 2.22. The predicted octanol–water partition coefficient (Wildman–Crippen LogP) is 4.56. The van der Waals surface area contributed by atoms with Crippen LogP contribution < -0.4 is 0 Å². The molecule has 0 aromatic carbocycles. The number of nitrogens with zero attached hydrogens (tertiary/aromatic N) is 1. The summed E-state index contributed by atoms with van der Waals surface area (Å²) in [5, 5.41) is 1.94. The molecule has 102 valence electrons. The standard InChI is InChI=1S/C14H16ClNOS2/c1-16(10-11-6-7-14(15)19-11)8-2-4-12(17)13-5-3-9-18-13/h3,5-7,9H,2,4,8,10H2,1H3. The molecule has 0 radical (unpaired) electrons. The molecule has 0 bridgehead atoms. The summed E-state index contributed by atoms with van der Waals surface area (Å²) in [6.45, 7) is 1.82. The van der Waals surface area contributed by atoms with E-state index in [9.17, 15) is 4.79 Å². The minimum Gasteiger partial charge on any atom is -0.301 e. The quantitative estimate of drug-likeness (QED) is 0.698. The maximum Gasteiger partial charge on any atom is 0.172 e. The second-order valence-corrected chi connectivity index (χ2v) is 7.19. The molecule has 0 fully saturated rings. The Kier molecular flexibility index (Phi) is 5.58. The van der Waals surface area contributed by atoms with Crippen LogP contribution in [0.4, 0.5) is 0 Å². The third-order valence-corrected chi connectivity index (χ3v) is 4.92. The van der Waals surface area contributed by atoms with Gasteiger partial charge in [0.15, 0.2) is 5.78 Å². The van der Waals surface area contributed by atoms with Crippen LogP contribution in [0.1, 0.15) is 27.4 Å². The number of hydrogen-bond donors (Lipinski definition) is 0. The summed E-state index contributed by atoms with van der Waals surface area (Å²) < 4.78 is 0.830. The molecule has 0 unspecified atom stereocenters. The fraction of sp³-hybridized carbons (Fsp3) is 0.357. The average Bonchev–Trinajstić information content (AvgIpc) is 3.00. The number of thiophene rings is 2. The number of Topliss-reactive ketones (excluding diaryl/α,β-unsaturated/α-hetero) is 1. The normalized spacial score (nSPS) is 11.1. The Bertz CT molecular complexity index is 521. The highest BCUT2D eigenvalue weighted by atomic mass is 35.5. The molecule has 0 saturated carbocycles. The van der Waals surface area contributed by atoms with Crippen LogP contribution in [0.3, 0.4) is 0 Å². The lowest BCUT2D eigenvalue weighted by Gasteiger charge is -2.14. The third kappa shape index (κ3) is 4.73. The molecule has 0 amide bonds. The van der Waals surface area contributed by atoms with E-state index in [1.807, 2.05) is 23.6 Å². The van der Waals surface area contributed by atoms with Crippen molar-refractivity contribution in [2.75, 3.05) is 13.6 Å². The number of carbonyl (C=O) groups excluding carboxylic acids is 1. The van der Waals surface area contributed by atoms with Gasteiger partial charge in [0.25, 0.3) is 0 Å². The molecule has 19 heavy (non-hydrogen) atoms. The van der Waals surface area contributed by atoms with Crippen LogP contribution in [0, 0.1) is 0 Å².